The molecule has 1 aromatic heterocycles. The molecule has 1 aromatic rings. The molecule has 2 rings (SSSR count). The van der Waals surface area contributed by atoms with Crippen molar-refractivity contribution in [2.45, 2.75) is 65.3 Å². The van der Waals surface area contributed by atoms with Gasteiger partial charge in [-0.1, -0.05) is 52.4 Å². The number of nitrogens with zero attached hydrogens (tertiary/aromatic N) is 2. The smallest absolute Gasteiger partial charge is 0.131 e. The van der Waals surface area contributed by atoms with Crippen LogP contribution in [0.25, 0.3) is 0 Å². The van der Waals surface area contributed by atoms with Gasteiger partial charge in [0.1, 0.15) is 10.0 Å². The Morgan fingerprint density at radius 3 is 2.47 bits per heavy atom. The highest BCUT2D eigenvalue weighted by Crippen LogP contribution is 2.26. The second-order valence-corrected chi connectivity index (χ2v) is 7.32. The topological polar surface area (TPSA) is 37.8 Å². The molecule has 1 saturated carbocycles. The minimum Gasteiger partial charge on any atom is -0.310 e. The highest BCUT2D eigenvalue weighted by Gasteiger charge is 2.15. The third-order valence-electron chi connectivity index (χ3n) is 3.78. The summed E-state index contributed by atoms with van der Waals surface area (Å²) in [5.74, 6) is 1.55. The third-order valence-corrected chi connectivity index (χ3v) is 4.72. The Morgan fingerprint density at radius 1 is 1.11 bits per heavy atom. The van der Waals surface area contributed by atoms with Gasteiger partial charge in [-0.25, -0.2) is 0 Å². The van der Waals surface area contributed by atoms with Crippen LogP contribution < -0.4 is 5.32 Å². The summed E-state index contributed by atoms with van der Waals surface area (Å²) in [5.41, 5.74) is 0. The second kappa shape index (κ2) is 7.95. The monoisotopic (exact) mass is 281 g/mol. The van der Waals surface area contributed by atoms with Crippen LogP contribution >= 0.6 is 11.3 Å². The van der Waals surface area contributed by atoms with E-state index in [9.17, 15) is 0 Å². The molecule has 0 amide bonds. The van der Waals surface area contributed by atoms with E-state index in [-0.39, 0.29) is 0 Å². The van der Waals surface area contributed by atoms with Gasteiger partial charge in [-0.15, -0.1) is 21.5 Å². The van der Waals surface area contributed by atoms with Gasteiger partial charge in [-0.05, 0) is 18.4 Å². The molecular formula is C15H27N3S. The van der Waals surface area contributed by atoms with Crippen LogP contribution in [0.2, 0.25) is 0 Å². The van der Waals surface area contributed by atoms with E-state index < -0.39 is 0 Å². The standard InChI is InChI=1S/C15H27N3S/c1-12(2)10-16-11-15-18-17-14(19-15)9-13-7-5-3-4-6-8-13/h12-13,16H,3-11H2,1-2H3. The van der Waals surface area contributed by atoms with Gasteiger partial charge in [-0.2, -0.15) is 0 Å². The largest absolute Gasteiger partial charge is 0.310 e. The molecule has 1 aliphatic carbocycles. The number of aromatic nitrogens is 2. The summed E-state index contributed by atoms with van der Waals surface area (Å²) >= 11 is 1.80. The summed E-state index contributed by atoms with van der Waals surface area (Å²) in [7, 11) is 0. The lowest BCUT2D eigenvalue weighted by Crippen LogP contribution is -2.18. The van der Waals surface area contributed by atoms with E-state index >= 15 is 0 Å². The summed E-state index contributed by atoms with van der Waals surface area (Å²) in [4.78, 5) is 0. The SMILES string of the molecule is CC(C)CNCc1nnc(CC2CCCCCC2)s1. The molecule has 0 spiro atoms. The maximum Gasteiger partial charge on any atom is 0.131 e. The van der Waals surface area contributed by atoms with Gasteiger partial charge >= 0.3 is 0 Å². The first-order chi connectivity index (χ1) is 9.24. The molecule has 1 N–H and O–H groups in total. The molecular weight excluding hydrogens is 254 g/mol. The first-order valence-corrected chi connectivity index (χ1v) is 8.57. The zero-order valence-electron chi connectivity index (χ0n) is 12.3. The van der Waals surface area contributed by atoms with Gasteiger partial charge in [0.25, 0.3) is 0 Å². The molecule has 0 unspecified atom stereocenters. The molecule has 1 heterocycles. The van der Waals surface area contributed by atoms with Crippen molar-refractivity contribution in [1.82, 2.24) is 15.5 Å². The second-order valence-electron chi connectivity index (χ2n) is 6.18. The predicted molar refractivity (Wildman–Crippen MR) is 81.3 cm³/mol. The highest BCUT2D eigenvalue weighted by atomic mass is 32.1. The van der Waals surface area contributed by atoms with Crippen molar-refractivity contribution in [2.75, 3.05) is 6.54 Å². The normalized spacial score (nSPS) is 17.8. The van der Waals surface area contributed by atoms with E-state index in [1.54, 1.807) is 11.3 Å². The molecule has 1 aliphatic rings. The summed E-state index contributed by atoms with van der Waals surface area (Å²) in [6.45, 7) is 6.38. The summed E-state index contributed by atoms with van der Waals surface area (Å²) < 4.78 is 0. The Labute approximate surface area is 121 Å². The average molecular weight is 281 g/mol. The predicted octanol–water partition coefficient (Wildman–Crippen LogP) is 3.80. The van der Waals surface area contributed by atoms with Crippen molar-refractivity contribution < 1.29 is 0 Å². The minimum atomic E-state index is 0.693. The Kier molecular flexibility index (Phi) is 6.24. The Morgan fingerprint density at radius 2 is 1.79 bits per heavy atom. The lowest BCUT2D eigenvalue weighted by atomic mass is 9.97. The lowest BCUT2D eigenvalue weighted by molar-refractivity contribution is 0.456. The Bertz CT molecular complexity index is 354. The van der Waals surface area contributed by atoms with Gasteiger partial charge in [-0.3, -0.25) is 0 Å². The van der Waals surface area contributed by atoms with E-state index in [0.717, 1.165) is 30.4 Å². The summed E-state index contributed by atoms with van der Waals surface area (Å²) in [6.07, 6.45) is 9.61. The van der Waals surface area contributed by atoms with E-state index in [1.807, 2.05) is 0 Å². The van der Waals surface area contributed by atoms with Crippen LogP contribution in [-0.2, 0) is 13.0 Å². The van der Waals surface area contributed by atoms with Gasteiger partial charge in [0, 0.05) is 13.0 Å². The van der Waals surface area contributed by atoms with Gasteiger partial charge in [0.2, 0.25) is 0 Å². The van der Waals surface area contributed by atoms with E-state index in [4.69, 9.17) is 0 Å². The molecule has 0 aliphatic heterocycles. The number of rotatable bonds is 6. The van der Waals surface area contributed by atoms with Crippen LogP contribution in [-0.4, -0.2) is 16.7 Å². The molecule has 0 aromatic carbocycles. The summed E-state index contributed by atoms with van der Waals surface area (Å²) in [5, 5.41) is 14.5. The lowest BCUT2D eigenvalue weighted by Gasteiger charge is -2.10. The first kappa shape index (κ1) is 14.9. The van der Waals surface area contributed by atoms with E-state index in [0.29, 0.717) is 5.92 Å². The van der Waals surface area contributed by atoms with Crippen LogP contribution in [0.4, 0.5) is 0 Å². The van der Waals surface area contributed by atoms with Gasteiger partial charge in [0.15, 0.2) is 0 Å². The van der Waals surface area contributed by atoms with Crippen molar-refractivity contribution in [2.24, 2.45) is 11.8 Å². The fourth-order valence-electron chi connectivity index (χ4n) is 2.73. The van der Waals surface area contributed by atoms with Crippen molar-refractivity contribution in [3.8, 4) is 0 Å². The molecule has 0 atom stereocenters. The number of nitrogens with one attached hydrogen (secondary N) is 1. The minimum absolute atomic E-state index is 0.693. The van der Waals surface area contributed by atoms with E-state index in [1.165, 1.54) is 43.5 Å². The van der Waals surface area contributed by atoms with Crippen molar-refractivity contribution in [3.63, 3.8) is 0 Å². The van der Waals surface area contributed by atoms with Crippen molar-refractivity contribution in [3.05, 3.63) is 10.0 Å². The fraction of sp³-hybridized carbons (Fsp3) is 0.867. The molecule has 1 fully saturated rings. The third kappa shape index (κ3) is 5.57. The van der Waals surface area contributed by atoms with Crippen LogP contribution in [0.5, 0.6) is 0 Å². The van der Waals surface area contributed by atoms with Crippen LogP contribution in [0, 0.1) is 11.8 Å². The average Bonchev–Trinajstić information content (AvgIpc) is 2.65. The zero-order chi connectivity index (χ0) is 13.5. The van der Waals surface area contributed by atoms with Crippen LogP contribution in [0.1, 0.15) is 62.4 Å². The van der Waals surface area contributed by atoms with Crippen molar-refractivity contribution >= 4 is 11.3 Å². The highest BCUT2D eigenvalue weighted by molar-refractivity contribution is 7.11. The first-order valence-electron chi connectivity index (χ1n) is 7.76. The van der Waals surface area contributed by atoms with Crippen molar-refractivity contribution in [1.29, 1.82) is 0 Å². The van der Waals surface area contributed by atoms with Crippen LogP contribution in [0.3, 0.4) is 0 Å². The summed E-state index contributed by atoms with van der Waals surface area (Å²) in [6, 6.07) is 0. The molecule has 0 saturated heterocycles. The van der Waals surface area contributed by atoms with Gasteiger partial charge < -0.3 is 5.32 Å². The van der Waals surface area contributed by atoms with Gasteiger partial charge in [0.05, 0.1) is 0 Å². The molecule has 19 heavy (non-hydrogen) atoms. The molecule has 4 heteroatoms. The molecule has 3 nitrogen and oxygen atoms in total. The van der Waals surface area contributed by atoms with Crippen LogP contribution in [0.15, 0.2) is 0 Å². The fourth-order valence-corrected chi connectivity index (χ4v) is 3.65. The molecule has 108 valence electrons. The Hall–Kier alpha value is -0.480. The molecule has 0 radical (unpaired) electrons. The number of hydrogen-bond donors (Lipinski definition) is 1. The van der Waals surface area contributed by atoms with E-state index in [2.05, 4.69) is 29.4 Å². The number of hydrogen-bond acceptors (Lipinski definition) is 4. The quantitative estimate of drug-likeness (QED) is 0.806. The zero-order valence-corrected chi connectivity index (χ0v) is 13.1. The maximum atomic E-state index is 4.37. The molecule has 0 bridgehead atoms. The maximum absolute atomic E-state index is 4.37. The Balaban J connectivity index is 1.76.